The number of ether oxygens (including phenoxy) is 2. The van der Waals surface area contributed by atoms with Crippen molar-refractivity contribution in [3.8, 4) is 11.5 Å². The van der Waals surface area contributed by atoms with E-state index in [1.54, 1.807) is 14.2 Å². The number of anilines is 1. The van der Waals surface area contributed by atoms with E-state index in [9.17, 15) is 0 Å². The molecule has 130 valence electrons. The lowest BCUT2D eigenvalue weighted by Crippen LogP contribution is -2.07. The van der Waals surface area contributed by atoms with Crippen molar-refractivity contribution in [2.24, 2.45) is 0 Å². The van der Waals surface area contributed by atoms with Crippen molar-refractivity contribution in [1.29, 1.82) is 0 Å². The van der Waals surface area contributed by atoms with Crippen LogP contribution in [0.3, 0.4) is 0 Å². The summed E-state index contributed by atoms with van der Waals surface area (Å²) in [6.45, 7) is 2.72. The normalized spacial score (nSPS) is 10.7. The van der Waals surface area contributed by atoms with Crippen LogP contribution in [0.1, 0.15) is 24.7 Å². The average molecular weight is 337 g/mol. The molecule has 0 aliphatic rings. The molecule has 0 saturated carbocycles. The predicted octanol–water partition coefficient (Wildman–Crippen LogP) is 4.21. The van der Waals surface area contributed by atoms with Gasteiger partial charge in [-0.1, -0.05) is 31.2 Å². The van der Waals surface area contributed by atoms with Gasteiger partial charge in [0, 0.05) is 23.9 Å². The van der Waals surface area contributed by atoms with Crippen LogP contribution < -0.4 is 14.8 Å². The van der Waals surface area contributed by atoms with E-state index in [0.717, 1.165) is 52.4 Å². The summed E-state index contributed by atoms with van der Waals surface area (Å²) in [6.07, 6.45) is 1.88. The van der Waals surface area contributed by atoms with Crippen molar-refractivity contribution in [2.45, 2.75) is 26.3 Å². The first-order valence-electron chi connectivity index (χ1n) is 8.46. The molecule has 0 spiro atoms. The SMILES string of the molecule is CCCc1nc(NCc2cccc(OC)c2OC)c2ccccc2n1. The summed E-state index contributed by atoms with van der Waals surface area (Å²) in [4.78, 5) is 9.36. The number of aryl methyl sites for hydroxylation is 1. The van der Waals surface area contributed by atoms with E-state index in [1.807, 2.05) is 42.5 Å². The highest BCUT2D eigenvalue weighted by molar-refractivity contribution is 5.89. The Morgan fingerprint density at radius 2 is 1.80 bits per heavy atom. The summed E-state index contributed by atoms with van der Waals surface area (Å²) in [5, 5.41) is 4.46. The maximum atomic E-state index is 5.51. The molecule has 0 radical (unpaired) electrons. The first-order valence-corrected chi connectivity index (χ1v) is 8.46. The quantitative estimate of drug-likeness (QED) is 0.700. The molecular weight excluding hydrogens is 314 g/mol. The molecule has 0 aliphatic heterocycles. The topological polar surface area (TPSA) is 56.3 Å². The highest BCUT2D eigenvalue weighted by Crippen LogP contribution is 2.31. The molecule has 2 aromatic carbocycles. The molecule has 0 unspecified atom stereocenters. The van der Waals surface area contributed by atoms with Crippen molar-refractivity contribution in [3.63, 3.8) is 0 Å². The molecule has 1 aromatic heterocycles. The van der Waals surface area contributed by atoms with Gasteiger partial charge in [-0.3, -0.25) is 0 Å². The van der Waals surface area contributed by atoms with E-state index in [4.69, 9.17) is 14.5 Å². The standard InChI is InChI=1S/C20H23N3O2/c1-4-8-18-22-16-11-6-5-10-15(16)20(23-18)21-13-14-9-7-12-17(24-2)19(14)25-3/h5-7,9-12H,4,8,13H2,1-3H3,(H,21,22,23). The van der Waals surface area contributed by atoms with E-state index in [1.165, 1.54) is 0 Å². The van der Waals surface area contributed by atoms with Crippen LogP contribution in [-0.4, -0.2) is 24.2 Å². The third kappa shape index (κ3) is 3.65. The number of methoxy groups -OCH3 is 2. The second-order valence-corrected chi connectivity index (χ2v) is 5.76. The monoisotopic (exact) mass is 337 g/mol. The Labute approximate surface area is 148 Å². The van der Waals surface area contributed by atoms with E-state index < -0.39 is 0 Å². The highest BCUT2D eigenvalue weighted by Gasteiger charge is 2.11. The zero-order chi connectivity index (χ0) is 17.6. The van der Waals surface area contributed by atoms with E-state index in [0.29, 0.717) is 6.54 Å². The van der Waals surface area contributed by atoms with Gasteiger partial charge in [-0.05, 0) is 24.6 Å². The minimum atomic E-state index is 0.590. The summed E-state index contributed by atoms with van der Waals surface area (Å²) in [5.74, 6) is 3.17. The van der Waals surface area contributed by atoms with Crippen molar-refractivity contribution in [1.82, 2.24) is 9.97 Å². The Morgan fingerprint density at radius 3 is 2.56 bits per heavy atom. The van der Waals surface area contributed by atoms with E-state index in [-0.39, 0.29) is 0 Å². The van der Waals surface area contributed by atoms with Crippen LogP contribution in [0.25, 0.3) is 10.9 Å². The van der Waals surface area contributed by atoms with Gasteiger partial charge < -0.3 is 14.8 Å². The average Bonchev–Trinajstić information content (AvgIpc) is 2.65. The Kier molecular flexibility index (Phi) is 5.33. The largest absolute Gasteiger partial charge is 0.493 e. The third-order valence-electron chi connectivity index (χ3n) is 4.05. The Morgan fingerprint density at radius 1 is 0.960 bits per heavy atom. The molecular formula is C20H23N3O2. The third-order valence-corrected chi connectivity index (χ3v) is 4.05. The number of hydrogen-bond donors (Lipinski definition) is 1. The Hall–Kier alpha value is -2.82. The predicted molar refractivity (Wildman–Crippen MR) is 100 cm³/mol. The summed E-state index contributed by atoms with van der Waals surface area (Å²) in [6, 6.07) is 13.9. The van der Waals surface area contributed by atoms with Crippen LogP contribution in [0.2, 0.25) is 0 Å². The maximum Gasteiger partial charge on any atom is 0.165 e. The summed E-state index contributed by atoms with van der Waals surface area (Å²) >= 11 is 0. The number of nitrogens with zero attached hydrogens (tertiary/aromatic N) is 2. The van der Waals surface area contributed by atoms with Gasteiger partial charge in [-0.25, -0.2) is 9.97 Å². The molecule has 0 fully saturated rings. The van der Waals surface area contributed by atoms with Crippen LogP contribution in [0.5, 0.6) is 11.5 Å². The minimum absolute atomic E-state index is 0.590. The Bertz CT molecular complexity index is 865. The number of aromatic nitrogens is 2. The second kappa shape index (κ2) is 7.83. The molecule has 0 saturated heterocycles. The maximum absolute atomic E-state index is 5.51. The molecule has 0 atom stereocenters. The van der Waals surface area contributed by atoms with Crippen LogP contribution in [-0.2, 0) is 13.0 Å². The number of hydrogen-bond acceptors (Lipinski definition) is 5. The fraction of sp³-hybridized carbons (Fsp3) is 0.300. The molecule has 25 heavy (non-hydrogen) atoms. The molecule has 0 bridgehead atoms. The van der Waals surface area contributed by atoms with E-state index >= 15 is 0 Å². The molecule has 1 N–H and O–H groups in total. The van der Waals surface area contributed by atoms with Gasteiger partial charge in [0.1, 0.15) is 11.6 Å². The molecule has 3 aromatic rings. The van der Waals surface area contributed by atoms with Gasteiger partial charge >= 0.3 is 0 Å². The van der Waals surface area contributed by atoms with Crippen molar-refractivity contribution in [3.05, 3.63) is 53.9 Å². The molecule has 5 nitrogen and oxygen atoms in total. The van der Waals surface area contributed by atoms with Crippen LogP contribution in [0.15, 0.2) is 42.5 Å². The highest BCUT2D eigenvalue weighted by atomic mass is 16.5. The minimum Gasteiger partial charge on any atom is -0.493 e. The number of nitrogens with one attached hydrogen (secondary N) is 1. The lowest BCUT2D eigenvalue weighted by molar-refractivity contribution is 0.352. The molecule has 3 rings (SSSR count). The van der Waals surface area contributed by atoms with Gasteiger partial charge in [-0.15, -0.1) is 0 Å². The fourth-order valence-corrected chi connectivity index (χ4v) is 2.87. The van der Waals surface area contributed by atoms with Gasteiger partial charge in [0.15, 0.2) is 11.5 Å². The second-order valence-electron chi connectivity index (χ2n) is 5.76. The van der Waals surface area contributed by atoms with Crippen molar-refractivity contribution < 1.29 is 9.47 Å². The molecule has 5 heteroatoms. The first-order chi connectivity index (χ1) is 12.3. The smallest absolute Gasteiger partial charge is 0.165 e. The van der Waals surface area contributed by atoms with Crippen LogP contribution in [0.4, 0.5) is 5.82 Å². The zero-order valence-corrected chi connectivity index (χ0v) is 14.9. The van der Waals surface area contributed by atoms with Crippen molar-refractivity contribution in [2.75, 3.05) is 19.5 Å². The number of rotatable bonds is 7. The lowest BCUT2D eigenvalue weighted by atomic mass is 10.1. The van der Waals surface area contributed by atoms with Gasteiger partial charge in [0.25, 0.3) is 0 Å². The van der Waals surface area contributed by atoms with Crippen molar-refractivity contribution >= 4 is 16.7 Å². The fourth-order valence-electron chi connectivity index (χ4n) is 2.87. The summed E-state index contributed by atoms with van der Waals surface area (Å²) < 4.78 is 10.9. The van der Waals surface area contributed by atoms with Gasteiger partial charge in [-0.2, -0.15) is 0 Å². The Balaban J connectivity index is 1.93. The molecule has 0 amide bonds. The molecule has 0 aliphatic carbocycles. The zero-order valence-electron chi connectivity index (χ0n) is 14.9. The number of fused-ring (bicyclic) bond motifs is 1. The first kappa shape index (κ1) is 17.0. The summed E-state index contributed by atoms with van der Waals surface area (Å²) in [7, 11) is 3.30. The van der Waals surface area contributed by atoms with Gasteiger partial charge in [0.2, 0.25) is 0 Å². The van der Waals surface area contributed by atoms with E-state index in [2.05, 4.69) is 17.2 Å². The summed E-state index contributed by atoms with van der Waals surface area (Å²) in [5.41, 5.74) is 1.97. The van der Waals surface area contributed by atoms with Crippen LogP contribution >= 0.6 is 0 Å². The number of para-hydroxylation sites is 2. The molecule has 1 heterocycles. The van der Waals surface area contributed by atoms with Gasteiger partial charge in [0.05, 0.1) is 19.7 Å². The number of benzene rings is 2. The van der Waals surface area contributed by atoms with Crippen LogP contribution in [0, 0.1) is 0 Å². The lowest BCUT2D eigenvalue weighted by Gasteiger charge is -2.14.